The summed E-state index contributed by atoms with van der Waals surface area (Å²) in [6.45, 7) is 0. The highest BCUT2D eigenvalue weighted by Gasteiger charge is 2.44. The zero-order chi connectivity index (χ0) is 54.9. The number of nitrogens with zero attached hydrogens (tertiary/aromatic N) is 2. The molecule has 0 fully saturated rings. The maximum atomic E-state index is 2.54. The van der Waals surface area contributed by atoms with Gasteiger partial charge in [0.2, 0.25) is 0 Å². The molecule has 5 heteroatoms. The Morgan fingerprint density at radius 3 is 1.14 bits per heavy atom. The molecule has 0 radical (unpaired) electrons. The van der Waals surface area contributed by atoms with E-state index in [4.69, 9.17) is 0 Å². The fraction of sp³-hybridized carbons (Fsp3) is 0. The molecular weight excluding hydrogens is 1050 g/mol. The SMILES string of the molecule is c1ccc(-n2c3ccccc3c3cc4c(cc32)c2ccccc2n4-c2cccc([Si](c3ccccc3)(c3ccccc3)c3cccc(-c4cccc([Si](c5ccccc5)(c5ccccc5)c5cccc6c5sc5ccccc56)c4)c3)c2)cc1. The number of para-hydroxylation sites is 3. The van der Waals surface area contributed by atoms with Gasteiger partial charge in [0.1, 0.15) is 0 Å². The summed E-state index contributed by atoms with van der Waals surface area (Å²) in [4.78, 5) is 0. The first kappa shape index (κ1) is 49.0. The van der Waals surface area contributed by atoms with Gasteiger partial charge in [-0.15, -0.1) is 11.3 Å². The van der Waals surface area contributed by atoms with E-state index in [-0.39, 0.29) is 0 Å². The van der Waals surface area contributed by atoms with E-state index in [1.807, 2.05) is 11.3 Å². The highest BCUT2D eigenvalue weighted by atomic mass is 32.1. The minimum absolute atomic E-state index is 1.14. The standard InChI is InChI=1S/C78H54N2SSi2/c1-6-28-57(29-7-1)79-72-46-19-16-42-66(72)70-54-75-71(53-74(70)79)67-43-17-20-47-73(67)80(75)58-30-24-41-65(52-58)82(59-31-8-2-9-32-59,60-33-10-3-11-34-60)63-39-22-26-55(50-63)56-27-23-40-64(51-56)83(61-35-12-4-13-36-61,62-37-14-5-15-38-62)77-49-25-45-69-68-44-18-21-48-76(68)81-78(69)77/h1-54H. The summed E-state index contributed by atoms with van der Waals surface area (Å²) in [5.41, 5.74) is 9.49. The summed E-state index contributed by atoms with van der Waals surface area (Å²) in [7, 11) is -6.12. The molecule has 16 rings (SSSR count). The van der Waals surface area contributed by atoms with Crippen LogP contribution in [0.3, 0.4) is 0 Å². The lowest BCUT2D eigenvalue weighted by Gasteiger charge is -2.35. The quantitative estimate of drug-likeness (QED) is 0.0902. The first-order valence-corrected chi connectivity index (χ1v) is 33.5. The van der Waals surface area contributed by atoms with Gasteiger partial charge >= 0.3 is 0 Å². The molecule has 0 atom stereocenters. The van der Waals surface area contributed by atoms with Gasteiger partial charge in [-0.05, 0) is 107 Å². The fourth-order valence-corrected chi connectivity index (χ4v) is 25.5. The van der Waals surface area contributed by atoms with Crippen molar-refractivity contribution >= 4 is 133 Å². The zero-order valence-corrected chi connectivity index (χ0v) is 48.3. The van der Waals surface area contributed by atoms with Crippen LogP contribution in [0.1, 0.15) is 0 Å². The van der Waals surface area contributed by atoms with E-state index in [0.29, 0.717) is 0 Å². The first-order valence-electron chi connectivity index (χ1n) is 28.6. The van der Waals surface area contributed by atoms with Gasteiger partial charge in [0.25, 0.3) is 0 Å². The van der Waals surface area contributed by atoms with Gasteiger partial charge in [-0.2, -0.15) is 0 Å². The van der Waals surface area contributed by atoms with Gasteiger partial charge in [-0.3, -0.25) is 0 Å². The second-order valence-corrected chi connectivity index (χ2v) is 30.5. The Balaban J connectivity index is 0.917. The van der Waals surface area contributed by atoms with Crippen molar-refractivity contribution < 1.29 is 0 Å². The summed E-state index contributed by atoms with van der Waals surface area (Å²) >= 11 is 1.94. The number of benzene rings is 13. The van der Waals surface area contributed by atoms with Crippen molar-refractivity contribution in [3.8, 4) is 22.5 Å². The van der Waals surface area contributed by atoms with Crippen LogP contribution < -0.4 is 41.5 Å². The summed E-state index contributed by atoms with van der Waals surface area (Å²) in [5.74, 6) is 0. The van der Waals surface area contributed by atoms with Crippen LogP contribution in [0, 0.1) is 0 Å². The molecule has 0 bridgehead atoms. The molecule has 0 N–H and O–H groups in total. The largest absolute Gasteiger partial charge is 0.309 e. The molecule has 16 aromatic rings. The molecule has 0 aliphatic rings. The smallest absolute Gasteiger partial charge is 0.181 e. The predicted octanol–water partition coefficient (Wildman–Crippen LogP) is 14.7. The van der Waals surface area contributed by atoms with E-state index < -0.39 is 16.1 Å². The molecule has 3 heterocycles. The second-order valence-electron chi connectivity index (χ2n) is 21.9. The normalized spacial score (nSPS) is 12.1. The molecule has 0 amide bonds. The minimum atomic E-state index is -3.12. The van der Waals surface area contributed by atoms with Gasteiger partial charge < -0.3 is 9.13 Å². The molecular formula is C78H54N2SSi2. The van der Waals surface area contributed by atoms with Gasteiger partial charge in [-0.25, -0.2) is 0 Å². The molecule has 3 aromatic heterocycles. The Morgan fingerprint density at radius 2 is 0.602 bits per heavy atom. The van der Waals surface area contributed by atoms with Crippen molar-refractivity contribution in [2.24, 2.45) is 0 Å². The number of aromatic nitrogens is 2. The molecule has 0 saturated heterocycles. The number of fused-ring (bicyclic) bond motifs is 9. The second kappa shape index (κ2) is 20.0. The molecule has 0 aliphatic heterocycles. The predicted molar refractivity (Wildman–Crippen MR) is 361 cm³/mol. The molecule has 83 heavy (non-hydrogen) atoms. The lowest BCUT2D eigenvalue weighted by molar-refractivity contribution is 1.18. The van der Waals surface area contributed by atoms with Crippen molar-refractivity contribution in [1.82, 2.24) is 9.13 Å². The summed E-state index contributed by atoms with van der Waals surface area (Å²) in [6.07, 6.45) is 0. The fourth-order valence-electron chi connectivity index (χ4n) is 14.1. The highest BCUT2D eigenvalue weighted by molar-refractivity contribution is 7.30. The van der Waals surface area contributed by atoms with Crippen molar-refractivity contribution in [2.75, 3.05) is 0 Å². The number of rotatable bonds is 11. The summed E-state index contributed by atoms with van der Waals surface area (Å²) in [6, 6.07) is 124. The molecule has 390 valence electrons. The highest BCUT2D eigenvalue weighted by Crippen LogP contribution is 2.40. The van der Waals surface area contributed by atoms with Crippen LogP contribution >= 0.6 is 11.3 Å². The lowest BCUT2D eigenvalue weighted by Crippen LogP contribution is -2.75. The lowest BCUT2D eigenvalue weighted by atomic mass is 10.1. The minimum Gasteiger partial charge on any atom is -0.309 e. The Morgan fingerprint density at radius 1 is 0.229 bits per heavy atom. The topological polar surface area (TPSA) is 9.86 Å². The van der Waals surface area contributed by atoms with Crippen molar-refractivity contribution in [2.45, 2.75) is 0 Å². The van der Waals surface area contributed by atoms with Crippen LogP contribution in [0.25, 0.3) is 86.3 Å². The third-order valence-corrected chi connectivity index (χ3v) is 28.5. The van der Waals surface area contributed by atoms with Crippen LogP contribution in [0.15, 0.2) is 328 Å². The van der Waals surface area contributed by atoms with E-state index in [2.05, 4.69) is 337 Å². The van der Waals surface area contributed by atoms with Crippen LogP contribution in [-0.4, -0.2) is 25.3 Å². The van der Waals surface area contributed by atoms with E-state index in [1.165, 1.54) is 116 Å². The van der Waals surface area contributed by atoms with Gasteiger partial charge in [0.15, 0.2) is 16.1 Å². The molecule has 0 spiro atoms. The Kier molecular flexibility index (Phi) is 11.8. The zero-order valence-electron chi connectivity index (χ0n) is 45.5. The van der Waals surface area contributed by atoms with E-state index in [1.54, 1.807) is 0 Å². The van der Waals surface area contributed by atoms with Gasteiger partial charge in [-0.1, -0.05) is 273 Å². The third kappa shape index (κ3) is 7.66. The van der Waals surface area contributed by atoms with Crippen LogP contribution in [0.2, 0.25) is 0 Å². The third-order valence-electron chi connectivity index (χ3n) is 17.6. The average Bonchev–Trinajstić information content (AvgIpc) is 4.37. The van der Waals surface area contributed by atoms with E-state index in [9.17, 15) is 0 Å². The van der Waals surface area contributed by atoms with Crippen molar-refractivity contribution in [1.29, 1.82) is 0 Å². The van der Waals surface area contributed by atoms with E-state index in [0.717, 1.165) is 11.4 Å². The Bertz CT molecular complexity index is 5010. The van der Waals surface area contributed by atoms with Crippen LogP contribution in [-0.2, 0) is 0 Å². The summed E-state index contributed by atoms with van der Waals surface area (Å²) < 4.78 is 7.64. The van der Waals surface area contributed by atoms with Crippen molar-refractivity contribution in [3.05, 3.63) is 328 Å². The van der Waals surface area contributed by atoms with Gasteiger partial charge in [0.05, 0.1) is 22.1 Å². The number of hydrogen-bond donors (Lipinski definition) is 0. The monoisotopic (exact) mass is 1110 g/mol. The molecule has 0 aliphatic carbocycles. The molecule has 13 aromatic carbocycles. The average molecular weight is 1110 g/mol. The van der Waals surface area contributed by atoms with Crippen LogP contribution in [0.4, 0.5) is 0 Å². The Labute approximate surface area is 488 Å². The molecule has 0 saturated carbocycles. The maximum absolute atomic E-state index is 3.12. The number of thiophene rings is 1. The maximum Gasteiger partial charge on any atom is 0.181 e. The first-order chi connectivity index (χ1) is 41.2. The number of hydrogen-bond acceptors (Lipinski definition) is 1. The van der Waals surface area contributed by atoms with Crippen LogP contribution in [0.5, 0.6) is 0 Å². The van der Waals surface area contributed by atoms with Crippen molar-refractivity contribution in [3.63, 3.8) is 0 Å². The molecule has 0 unspecified atom stereocenters. The molecule has 2 nitrogen and oxygen atoms in total. The summed E-state index contributed by atoms with van der Waals surface area (Å²) in [5, 5.41) is 18.4. The van der Waals surface area contributed by atoms with Gasteiger partial charge in [0, 0.05) is 53.1 Å². The Hall–Kier alpha value is -9.89. The van der Waals surface area contributed by atoms with E-state index >= 15 is 0 Å².